The van der Waals surface area contributed by atoms with E-state index in [1.807, 2.05) is 19.4 Å². The molecule has 1 atom stereocenters. The van der Waals surface area contributed by atoms with Gasteiger partial charge in [-0.25, -0.2) is 4.98 Å². The van der Waals surface area contributed by atoms with Crippen LogP contribution in [0.3, 0.4) is 0 Å². The van der Waals surface area contributed by atoms with Crippen LogP contribution in [0.1, 0.15) is 43.4 Å². The van der Waals surface area contributed by atoms with Crippen molar-refractivity contribution in [2.45, 2.75) is 45.7 Å². The fraction of sp³-hybridized carbons (Fsp3) is 0.562. The van der Waals surface area contributed by atoms with E-state index in [9.17, 15) is 0 Å². The number of rotatable bonds is 3. The van der Waals surface area contributed by atoms with Crippen molar-refractivity contribution >= 4 is 0 Å². The molecule has 0 bridgehead atoms. The second kappa shape index (κ2) is 4.77. The third-order valence-corrected chi connectivity index (χ3v) is 4.43. The molecule has 1 aliphatic rings. The molecule has 1 aliphatic carbocycles. The lowest BCUT2D eigenvalue weighted by Gasteiger charge is -2.34. The number of nitrogens with two attached hydrogens (primary N) is 1. The molecule has 2 N–H and O–H groups in total. The molecule has 1 unspecified atom stereocenters. The smallest absolute Gasteiger partial charge is 0.110 e. The van der Waals surface area contributed by atoms with Crippen LogP contribution in [0, 0.1) is 5.41 Å². The number of aromatic nitrogens is 3. The third-order valence-electron chi connectivity index (χ3n) is 4.43. The monoisotopic (exact) mass is 272 g/mol. The van der Waals surface area contributed by atoms with Crippen LogP contribution in [0.5, 0.6) is 0 Å². The van der Waals surface area contributed by atoms with Gasteiger partial charge in [0.15, 0.2) is 0 Å². The van der Waals surface area contributed by atoms with E-state index in [1.165, 1.54) is 11.3 Å². The van der Waals surface area contributed by atoms with Crippen LogP contribution in [0.15, 0.2) is 24.7 Å². The zero-order chi connectivity index (χ0) is 14.3. The lowest BCUT2D eigenvalue weighted by molar-refractivity contribution is 0.275. The number of hydrogen-bond acceptors (Lipinski definition) is 2. The molecule has 108 valence electrons. The van der Waals surface area contributed by atoms with Gasteiger partial charge in [0.2, 0.25) is 0 Å². The Morgan fingerprint density at radius 2 is 2.20 bits per heavy atom. The van der Waals surface area contributed by atoms with Gasteiger partial charge in [-0.05, 0) is 29.9 Å². The highest BCUT2D eigenvalue weighted by Crippen LogP contribution is 2.39. The Morgan fingerprint density at radius 1 is 1.40 bits per heavy atom. The zero-order valence-electron chi connectivity index (χ0n) is 12.6. The van der Waals surface area contributed by atoms with Crippen LogP contribution in [0.25, 0.3) is 0 Å². The molecule has 2 aromatic rings. The summed E-state index contributed by atoms with van der Waals surface area (Å²) in [6.07, 6.45) is 9.20. The maximum atomic E-state index is 6.32. The highest BCUT2D eigenvalue weighted by atomic mass is 15.0. The van der Waals surface area contributed by atoms with E-state index in [2.05, 4.69) is 40.2 Å². The zero-order valence-corrected chi connectivity index (χ0v) is 12.6. The maximum absolute atomic E-state index is 6.32. The summed E-state index contributed by atoms with van der Waals surface area (Å²) in [4.78, 5) is 4.40. The highest BCUT2D eigenvalue weighted by molar-refractivity contribution is 5.30. The molecule has 2 heterocycles. The molecule has 2 aromatic heterocycles. The van der Waals surface area contributed by atoms with E-state index >= 15 is 0 Å². The summed E-state index contributed by atoms with van der Waals surface area (Å²) in [6.45, 7) is 5.60. The number of hydrogen-bond donors (Lipinski definition) is 1. The van der Waals surface area contributed by atoms with Crippen molar-refractivity contribution < 1.29 is 0 Å². The number of fused-ring (bicyclic) bond motifs is 1. The fourth-order valence-electron chi connectivity index (χ4n) is 3.36. The van der Waals surface area contributed by atoms with Gasteiger partial charge in [0.05, 0.1) is 0 Å². The Morgan fingerprint density at radius 3 is 2.90 bits per heavy atom. The van der Waals surface area contributed by atoms with Gasteiger partial charge in [0, 0.05) is 50.3 Å². The molecule has 0 radical (unpaired) electrons. The molecule has 0 spiro atoms. The normalized spacial score (nSPS) is 20.9. The average molecular weight is 272 g/mol. The van der Waals surface area contributed by atoms with Crippen molar-refractivity contribution in [1.29, 1.82) is 0 Å². The minimum Gasteiger partial charge on any atom is -0.351 e. The summed E-state index contributed by atoms with van der Waals surface area (Å²) in [6, 6.07) is 2.39. The molecule has 0 saturated carbocycles. The van der Waals surface area contributed by atoms with Gasteiger partial charge >= 0.3 is 0 Å². The molecule has 0 amide bonds. The SMILES string of the molecule is Cn1ccnc1CCn1ccc2c1CC(C)(C)CC2N. The van der Waals surface area contributed by atoms with Gasteiger partial charge in [-0.2, -0.15) is 0 Å². The average Bonchev–Trinajstić information content (AvgIpc) is 2.92. The second-order valence-electron chi connectivity index (χ2n) is 6.77. The summed E-state index contributed by atoms with van der Waals surface area (Å²) >= 11 is 0. The summed E-state index contributed by atoms with van der Waals surface area (Å²) in [5, 5.41) is 0. The van der Waals surface area contributed by atoms with Gasteiger partial charge in [-0.1, -0.05) is 13.8 Å². The molecular weight excluding hydrogens is 248 g/mol. The van der Waals surface area contributed by atoms with E-state index < -0.39 is 0 Å². The molecule has 0 fully saturated rings. The summed E-state index contributed by atoms with van der Waals surface area (Å²) < 4.78 is 4.45. The first-order valence-electron chi connectivity index (χ1n) is 7.36. The van der Waals surface area contributed by atoms with Crippen molar-refractivity contribution in [3.05, 3.63) is 41.7 Å². The summed E-state index contributed by atoms with van der Waals surface area (Å²) in [5.41, 5.74) is 9.37. The van der Waals surface area contributed by atoms with Crippen molar-refractivity contribution in [3.63, 3.8) is 0 Å². The van der Waals surface area contributed by atoms with Crippen molar-refractivity contribution in [2.75, 3.05) is 0 Å². The van der Waals surface area contributed by atoms with Crippen LogP contribution >= 0.6 is 0 Å². The molecule has 4 nitrogen and oxygen atoms in total. The minimum atomic E-state index is 0.183. The molecular formula is C16H24N4. The van der Waals surface area contributed by atoms with Crippen molar-refractivity contribution in [3.8, 4) is 0 Å². The molecule has 0 aromatic carbocycles. The van der Waals surface area contributed by atoms with Gasteiger partial charge in [0.1, 0.15) is 5.82 Å². The quantitative estimate of drug-likeness (QED) is 0.933. The van der Waals surface area contributed by atoms with Gasteiger partial charge in [-0.3, -0.25) is 0 Å². The molecule has 0 saturated heterocycles. The Hall–Kier alpha value is -1.55. The predicted molar refractivity (Wildman–Crippen MR) is 80.4 cm³/mol. The first kappa shape index (κ1) is 13.4. The summed E-state index contributed by atoms with van der Waals surface area (Å²) in [7, 11) is 2.05. The lowest BCUT2D eigenvalue weighted by Crippen LogP contribution is -2.30. The molecule has 4 heteroatoms. The molecule has 0 aliphatic heterocycles. The van der Waals surface area contributed by atoms with Crippen molar-refractivity contribution in [1.82, 2.24) is 14.1 Å². The van der Waals surface area contributed by atoms with Crippen LogP contribution in [0.4, 0.5) is 0 Å². The van der Waals surface area contributed by atoms with Gasteiger partial charge in [0.25, 0.3) is 0 Å². The fourth-order valence-corrected chi connectivity index (χ4v) is 3.36. The van der Waals surface area contributed by atoms with E-state index in [1.54, 1.807) is 0 Å². The Balaban J connectivity index is 1.81. The van der Waals surface area contributed by atoms with Crippen molar-refractivity contribution in [2.24, 2.45) is 18.2 Å². The number of nitrogens with zero attached hydrogens (tertiary/aromatic N) is 3. The standard InChI is InChI=1S/C16H24N4/c1-16(2)10-13(17)12-4-7-20(14(12)11-16)8-5-15-18-6-9-19(15)3/h4,6-7,9,13H,5,8,10-11,17H2,1-3H3. The number of imidazole rings is 1. The largest absolute Gasteiger partial charge is 0.351 e. The molecule has 20 heavy (non-hydrogen) atoms. The molecule has 3 rings (SSSR count). The van der Waals surface area contributed by atoms with Gasteiger partial charge < -0.3 is 14.9 Å². The van der Waals surface area contributed by atoms with E-state index in [4.69, 9.17) is 5.73 Å². The van der Waals surface area contributed by atoms with Crippen LogP contribution in [-0.4, -0.2) is 14.1 Å². The Kier molecular flexibility index (Phi) is 3.21. The topological polar surface area (TPSA) is 48.8 Å². The first-order valence-corrected chi connectivity index (χ1v) is 7.36. The predicted octanol–water partition coefficient (Wildman–Crippen LogP) is 2.44. The van der Waals surface area contributed by atoms with Crippen LogP contribution in [-0.2, 0) is 26.4 Å². The van der Waals surface area contributed by atoms with Crippen LogP contribution in [0.2, 0.25) is 0 Å². The van der Waals surface area contributed by atoms with Crippen LogP contribution < -0.4 is 5.73 Å². The van der Waals surface area contributed by atoms with E-state index in [0.29, 0.717) is 5.41 Å². The first-order chi connectivity index (χ1) is 9.46. The van der Waals surface area contributed by atoms with Gasteiger partial charge in [-0.15, -0.1) is 0 Å². The maximum Gasteiger partial charge on any atom is 0.110 e. The second-order valence-corrected chi connectivity index (χ2v) is 6.77. The van der Waals surface area contributed by atoms with E-state index in [0.717, 1.165) is 31.6 Å². The Bertz CT molecular complexity index is 606. The third kappa shape index (κ3) is 2.40. The highest BCUT2D eigenvalue weighted by Gasteiger charge is 2.32. The van der Waals surface area contributed by atoms with E-state index in [-0.39, 0.29) is 6.04 Å². The lowest BCUT2D eigenvalue weighted by atomic mass is 9.74. The summed E-state index contributed by atoms with van der Waals surface area (Å²) in [5.74, 6) is 1.13. The Labute approximate surface area is 120 Å². The minimum absolute atomic E-state index is 0.183. The number of aryl methyl sites for hydroxylation is 3.